The molecule has 3 N–H and O–H groups in total. The summed E-state index contributed by atoms with van der Waals surface area (Å²) < 4.78 is 0. The lowest BCUT2D eigenvalue weighted by Crippen LogP contribution is -2.32. The van der Waals surface area contributed by atoms with E-state index >= 15 is 0 Å². The van der Waals surface area contributed by atoms with Gasteiger partial charge in [0.1, 0.15) is 0 Å². The molecule has 18 heavy (non-hydrogen) atoms. The first-order valence-corrected chi connectivity index (χ1v) is 6.32. The maximum atomic E-state index is 11.2. The molecule has 0 aromatic heterocycles. The van der Waals surface area contributed by atoms with Crippen LogP contribution in [0.4, 0.5) is 11.4 Å². The van der Waals surface area contributed by atoms with E-state index in [1.807, 2.05) is 13.0 Å². The molecular weight excluding hydrogens is 228 g/mol. The minimum atomic E-state index is -0.974. The van der Waals surface area contributed by atoms with E-state index in [4.69, 9.17) is 10.8 Å². The Labute approximate surface area is 108 Å². The summed E-state index contributed by atoms with van der Waals surface area (Å²) in [7, 11) is 0. The van der Waals surface area contributed by atoms with Gasteiger partial charge in [0.25, 0.3) is 0 Å². The van der Waals surface area contributed by atoms with Gasteiger partial charge in [-0.3, -0.25) is 0 Å². The highest BCUT2D eigenvalue weighted by Gasteiger charge is 2.17. The SMILES string of the molecule is CCC(C)N(CC)c1cc(C)c(N)c(C(=O)O)c1. The normalized spacial score (nSPS) is 12.2. The number of nitrogen functional groups attached to an aromatic ring is 1. The Morgan fingerprint density at radius 2 is 2.06 bits per heavy atom. The molecule has 0 heterocycles. The summed E-state index contributed by atoms with van der Waals surface area (Å²) in [6.07, 6.45) is 1.01. The van der Waals surface area contributed by atoms with Crippen molar-refractivity contribution in [1.29, 1.82) is 0 Å². The average molecular weight is 250 g/mol. The van der Waals surface area contributed by atoms with Gasteiger partial charge < -0.3 is 15.7 Å². The van der Waals surface area contributed by atoms with Gasteiger partial charge in [-0.05, 0) is 44.9 Å². The molecule has 0 spiro atoms. The van der Waals surface area contributed by atoms with Crippen LogP contribution in [-0.4, -0.2) is 23.7 Å². The standard InChI is InChI=1S/C14H22N2O2/c1-5-10(4)16(6-2)11-7-9(3)13(15)12(8-11)14(17)18/h7-8,10H,5-6,15H2,1-4H3,(H,17,18). The van der Waals surface area contributed by atoms with Crippen LogP contribution in [0.2, 0.25) is 0 Å². The number of nitrogens with zero attached hydrogens (tertiary/aromatic N) is 1. The maximum absolute atomic E-state index is 11.2. The zero-order valence-corrected chi connectivity index (χ0v) is 11.5. The molecule has 0 aliphatic rings. The highest BCUT2D eigenvalue weighted by Crippen LogP contribution is 2.27. The van der Waals surface area contributed by atoms with E-state index < -0.39 is 5.97 Å². The number of carboxylic acid groups (broad SMARTS) is 1. The molecule has 0 aliphatic heterocycles. The van der Waals surface area contributed by atoms with Gasteiger partial charge in [-0.25, -0.2) is 4.79 Å². The number of carbonyl (C=O) groups is 1. The monoisotopic (exact) mass is 250 g/mol. The Hall–Kier alpha value is -1.71. The molecule has 4 heteroatoms. The number of hydrogen-bond acceptors (Lipinski definition) is 3. The lowest BCUT2D eigenvalue weighted by molar-refractivity contribution is 0.0698. The predicted molar refractivity (Wildman–Crippen MR) is 75.3 cm³/mol. The summed E-state index contributed by atoms with van der Waals surface area (Å²) in [6, 6.07) is 4.00. The van der Waals surface area contributed by atoms with E-state index in [-0.39, 0.29) is 5.56 Å². The van der Waals surface area contributed by atoms with Crippen molar-refractivity contribution in [2.75, 3.05) is 17.2 Å². The molecule has 0 saturated carbocycles. The van der Waals surface area contributed by atoms with Crippen molar-refractivity contribution in [2.24, 2.45) is 0 Å². The van der Waals surface area contributed by atoms with Crippen molar-refractivity contribution in [3.8, 4) is 0 Å². The summed E-state index contributed by atoms with van der Waals surface area (Å²) >= 11 is 0. The predicted octanol–water partition coefficient (Wildman–Crippen LogP) is 2.90. The first-order valence-electron chi connectivity index (χ1n) is 6.32. The van der Waals surface area contributed by atoms with E-state index in [0.717, 1.165) is 24.2 Å². The molecule has 1 aromatic rings. The number of rotatable bonds is 5. The van der Waals surface area contributed by atoms with Gasteiger partial charge in [0, 0.05) is 24.0 Å². The van der Waals surface area contributed by atoms with Crippen LogP contribution >= 0.6 is 0 Å². The molecule has 4 nitrogen and oxygen atoms in total. The zero-order chi connectivity index (χ0) is 13.9. The van der Waals surface area contributed by atoms with Gasteiger partial charge in [-0.2, -0.15) is 0 Å². The second kappa shape index (κ2) is 5.76. The fraction of sp³-hybridized carbons (Fsp3) is 0.500. The van der Waals surface area contributed by atoms with Crippen molar-refractivity contribution in [3.63, 3.8) is 0 Å². The topological polar surface area (TPSA) is 66.6 Å². The van der Waals surface area contributed by atoms with Crippen molar-refractivity contribution in [2.45, 2.75) is 40.2 Å². The van der Waals surface area contributed by atoms with Gasteiger partial charge in [-0.15, -0.1) is 0 Å². The summed E-state index contributed by atoms with van der Waals surface area (Å²) in [5.74, 6) is -0.974. The lowest BCUT2D eigenvalue weighted by atomic mass is 10.0. The molecule has 0 fully saturated rings. The van der Waals surface area contributed by atoms with Gasteiger partial charge in [-0.1, -0.05) is 6.92 Å². The molecule has 0 amide bonds. The summed E-state index contributed by atoms with van der Waals surface area (Å²) in [5, 5.41) is 9.17. The molecule has 1 aromatic carbocycles. The van der Waals surface area contributed by atoms with Crippen LogP contribution in [0, 0.1) is 6.92 Å². The van der Waals surface area contributed by atoms with Crippen LogP contribution in [0.1, 0.15) is 43.1 Å². The van der Waals surface area contributed by atoms with Crippen LogP contribution in [0.15, 0.2) is 12.1 Å². The number of carboxylic acids is 1. The molecule has 0 radical (unpaired) electrons. The number of benzene rings is 1. The number of hydrogen-bond donors (Lipinski definition) is 2. The van der Waals surface area contributed by atoms with Gasteiger partial charge in [0.15, 0.2) is 0 Å². The Kier molecular flexibility index (Phi) is 4.59. The van der Waals surface area contributed by atoms with E-state index in [2.05, 4.69) is 25.7 Å². The number of nitrogens with two attached hydrogens (primary N) is 1. The molecule has 0 saturated heterocycles. The molecular formula is C14H22N2O2. The van der Waals surface area contributed by atoms with Crippen molar-refractivity contribution in [1.82, 2.24) is 0 Å². The molecule has 100 valence electrons. The number of aromatic carboxylic acids is 1. The maximum Gasteiger partial charge on any atom is 0.337 e. The van der Waals surface area contributed by atoms with Gasteiger partial charge >= 0.3 is 5.97 Å². The molecule has 0 aliphatic carbocycles. The summed E-state index contributed by atoms with van der Waals surface area (Å²) in [4.78, 5) is 13.4. The number of anilines is 2. The van der Waals surface area contributed by atoms with Crippen LogP contribution in [0.25, 0.3) is 0 Å². The van der Waals surface area contributed by atoms with Crippen LogP contribution in [0.3, 0.4) is 0 Å². The second-order valence-electron chi connectivity index (χ2n) is 4.57. The molecule has 0 bridgehead atoms. The van der Waals surface area contributed by atoms with Gasteiger partial charge in [0.2, 0.25) is 0 Å². The van der Waals surface area contributed by atoms with Gasteiger partial charge in [0.05, 0.1) is 5.56 Å². The van der Waals surface area contributed by atoms with Crippen molar-refractivity contribution < 1.29 is 9.90 Å². The van der Waals surface area contributed by atoms with E-state index in [1.54, 1.807) is 6.07 Å². The molecule has 1 atom stereocenters. The van der Waals surface area contributed by atoms with Crippen molar-refractivity contribution in [3.05, 3.63) is 23.3 Å². The first kappa shape index (κ1) is 14.4. The van der Waals surface area contributed by atoms with Crippen LogP contribution in [0.5, 0.6) is 0 Å². The highest BCUT2D eigenvalue weighted by atomic mass is 16.4. The van der Waals surface area contributed by atoms with E-state index in [1.165, 1.54) is 0 Å². The lowest BCUT2D eigenvalue weighted by Gasteiger charge is -2.30. The van der Waals surface area contributed by atoms with Crippen LogP contribution < -0.4 is 10.6 Å². The summed E-state index contributed by atoms with van der Waals surface area (Å²) in [6.45, 7) is 9.01. The van der Waals surface area contributed by atoms with Crippen molar-refractivity contribution >= 4 is 17.3 Å². The molecule has 1 unspecified atom stereocenters. The third-order valence-electron chi connectivity index (χ3n) is 3.40. The average Bonchev–Trinajstić information content (AvgIpc) is 2.33. The highest BCUT2D eigenvalue weighted by molar-refractivity contribution is 5.95. The Balaban J connectivity index is 3.28. The second-order valence-corrected chi connectivity index (χ2v) is 4.57. The smallest absolute Gasteiger partial charge is 0.337 e. The largest absolute Gasteiger partial charge is 0.478 e. The Morgan fingerprint density at radius 3 is 2.50 bits per heavy atom. The fourth-order valence-corrected chi connectivity index (χ4v) is 2.09. The van der Waals surface area contributed by atoms with E-state index in [9.17, 15) is 4.79 Å². The number of aryl methyl sites for hydroxylation is 1. The Bertz CT molecular complexity index is 444. The zero-order valence-electron chi connectivity index (χ0n) is 11.5. The third-order valence-corrected chi connectivity index (χ3v) is 3.40. The summed E-state index contributed by atoms with van der Waals surface area (Å²) in [5.41, 5.74) is 8.08. The Morgan fingerprint density at radius 1 is 1.44 bits per heavy atom. The third kappa shape index (κ3) is 2.75. The molecule has 1 rings (SSSR count). The van der Waals surface area contributed by atoms with Crippen LogP contribution in [-0.2, 0) is 0 Å². The quantitative estimate of drug-likeness (QED) is 0.788. The minimum Gasteiger partial charge on any atom is -0.478 e. The fourth-order valence-electron chi connectivity index (χ4n) is 2.09. The van der Waals surface area contributed by atoms with E-state index in [0.29, 0.717) is 11.7 Å². The first-order chi connectivity index (χ1) is 8.42. The minimum absolute atomic E-state index is 0.187.